The highest BCUT2D eigenvalue weighted by Gasteiger charge is 2.38. The number of alkyl halides is 4. The zero-order valence-corrected chi connectivity index (χ0v) is 11.7. The van der Waals surface area contributed by atoms with E-state index in [1.54, 1.807) is 6.07 Å². The van der Waals surface area contributed by atoms with Crippen LogP contribution < -0.4 is 4.90 Å². The van der Waals surface area contributed by atoms with Gasteiger partial charge in [0.15, 0.2) is 0 Å². The van der Waals surface area contributed by atoms with E-state index in [0.29, 0.717) is 5.69 Å². The highest BCUT2D eigenvalue weighted by atomic mass is 79.9. The maximum Gasteiger partial charge on any atom is 0.405 e. The van der Waals surface area contributed by atoms with Gasteiger partial charge >= 0.3 is 6.18 Å². The molecule has 5 heteroatoms. The molecule has 1 nitrogen and oxygen atoms in total. The summed E-state index contributed by atoms with van der Waals surface area (Å²) >= 11 is 3.35. The van der Waals surface area contributed by atoms with Gasteiger partial charge in [-0.15, -0.1) is 0 Å². The van der Waals surface area contributed by atoms with Gasteiger partial charge in [-0.05, 0) is 37.0 Å². The Morgan fingerprint density at radius 3 is 2.44 bits per heavy atom. The summed E-state index contributed by atoms with van der Waals surface area (Å²) in [6.45, 7) is 1.01. The van der Waals surface area contributed by atoms with Gasteiger partial charge in [0.05, 0.1) is 0 Å². The molecule has 1 aromatic rings. The van der Waals surface area contributed by atoms with Crippen molar-refractivity contribution in [3.05, 3.63) is 29.3 Å². The van der Waals surface area contributed by atoms with Gasteiger partial charge in [0.25, 0.3) is 0 Å². The number of aryl methyl sites for hydroxylation is 1. The number of rotatable bonds is 4. The first-order valence-corrected chi connectivity index (χ1v) is 7.02. The molecule has 1 aromatic carbocycles. The van der Waals surface area contributed by atoms with Crippen molar-refractivity contribution in [2.45, 2.75) is 37.3 Å². The standard InChI is InChI=1S/C13H15BrF3N/c1-9-6-10(7-14)2-5-12(9)18(11-3-4-11)8-13(15,16)17/h2,5-6,11H,3-4,7-8H2,1H3. The zero-order chi connectivity index (χ0) is 13.3. The van der Waals surface area contributed by atoms with Crippen LogP contribution in [0, 0.1) is 6.92 Å². The average Bonchev–Trinajstić information content (AvgIpc) is 3.08. The fraction of sp³-hybridized carbons (Fsp3) is 0.538. The van der Waals surface area contributed by atoms with Crippen LogP contribution in [-0.2, 0) is 5.33 Å². The minimum Gasteiger partial charge on any atom is -0.359 e. The van der Waals surface area contributed by atoms with Crippen molar-refractivity contribution >= 4 is 21.6 Å². The summed E-state index contributed by atoms with van der Waals surface area (Å²) in [7, 11) is 0. The normalized spacial score (nSPS) is 15.8. The summed E-state index contributed by atoms with van der Waals surface area (Å²) in [5, 5.41) is 0.719. The van der Waals surface area contributed by atoms with Crippen molar-refractivity contribution in [3.8, 4) is 0 Å². The van der Waals surface area contributed by atoms with Crippen LogP contribution in [0.3, 0.4) is 0 Å². The molecule has 1 fully saturated rings. The first kappa shape index (κ1) is 13.7. The molecule has 0 aromatic heterocycles. The lowest BCUT2D eigenvalue weighted by Gasteiger charge is -2.27. The van der Waals surface area contributed by atoms with Crippen molar-refractivity contribution in [2.75, 3.05) is 11.4 Å². The van der Waals surface area contributed by atoms with Crippen molar-refractivity contribution in [1.82, 2.24) is 0 Å². The quantitative estimate of drug-likeness (QED) is 0.742. The Morgan fingerprint density at radius 1 is 1.33 bits per heavy atom. The monoisotopic (exact) mass is 321 g/mol. The summed E-state index contributed by atoms with van der Waals surface area (Å²) in [5.41, 5.74) is 2.70. The zero-order valence-electron chi connectivity index (χ0n) is 10.1. The van der Waals surface area contributed by atoms with E-state index in [1.165, 1.54) is 4.90 Å². The lowest BCUT2D eigenvalue weighted by Crippen LogP contribution is -2.36. The van der Waals surface area contributed by atoms with Crippen molar-refractivity contribution in [1.29, 1.82) is 0 Å². The lowest BCUT2D eigenvalue weighted by molar-refractivity contribution is -0.120. The first-order chi connectivity index (χ1) is 8.40. The molecule has 18 heavy (non-hydrogen) atoms. The number of nitrogens with zero attached hydrogens (tertiary/aromatic N) is 1. The number of benzene rings is 1. The highest BCUT2D eigenvalue weighted by Crippen LogP contribution is 2.36. The second-order valence-corrected chi connectivity index (χ2v) is 5.29. The Morgan fingerprint density at radius 2 is 2.00 bits per heavy atom. The third-order valence-electron chi connectivity index (χ3n) is 3.06. The Balaban J connectivity index is 2.25. The van der Waals surface area contributed by atoms with Gasteiger partial charge in [-0.25, -0.2) is 0 Å². The minimum atomic E-state index is -4.15. The second kappa shape index (κ2) is 5.11. The van der Waals surface area contributed by atoms with E-state index < -0.39 is 12.7 Å². The molecule has 0 atom stereocenters. The van der Waals surface area contributed by atoms with Crippen molar-refractivity contribution in [2.24, 2.45) is 0 Å². The fourth-order valence-electron chi connectivity index (χ4n) is 2.11. The average molecular weight is 322 g/mol. The first-order valence-electron chi connectivity index (χ1n) is 5.89. The largest absolute Gasteiger partial charge is 0.405 e. The summed E-state index contributed by atoms with van der Waals surface area (Å²) in [6.07, 6.45) is -2.44. The summed E-state index contributed by atoms with van der Waals surface area (Å²) in [4.78, 5) is 1.49. The van der Waals surface area contributed by atoms with E-state index in [9.17, 15) is 13.2 Å². The molecule has 1 aliphatic carbocycles. The molecule has 1 saturated carbocycles. The van der Waals surface area contributed by atoms with Gasteiger partial charge in [0.1, 0.15) is 6.54 Å². The van der Waals surface area contributed by atoms with Crippen LogP contribution in [0.15, 0.2) is 18.2 Å². The summed E-state index contributed by atoms with van der Waals surface area (Å²) in [6, 6.07) is 5.68. The Hall–Kier alpha value is -0.710. The smallest absolute Gasteiger partial charge is 0.359 e. The van der Waals surface area contributed by atoms with Gasteiger partial charge in [-0.1, -0.05) is 28.1 Å². The SMILES string of the molecule is Cc1cc(CBr)ccc1N(CC(F)(F)F)C1CC1. The minimum absolute atomic E-state index is 0.0557. The third kappa shape index (κ3) is 3.40. The molecular formula is C13H15BrF3N. The maximum atomic E-state index is 12.6. The van der Waals surface area contributed by atoms with Crippen LogP contribution in [0.4, 0.5) is 18.9 Å². The van der Waals surface area contributed by atoms with Gasteiger partial charge < -0.3 is 4.90 Å². The Bertz CT molecular complexity index is 427. The van der Waals surface area contributed by atoms with E-state index in [2.05, 4.69) is 15.9 Å². The van der Waals surface area contributed by atoms with Crippen LogP contribution in [0.1, 0.15) is 24.0 Å². The highest BCUT2D eigenvalue weighted by molar-refractivity contribution is 9.08. The topological polar surface area (TPSA) is 3.24 Å². The summed E-state index contributed by atoms with van der Waals surface area (Å²) in [5.74, 6) is 0. The van der Waals surface area contributed by atoms with E-state index in [0.717, 1.165) is 29.3 Å². The Labute approximate surface area is 113 Å². The predicted molar refractivity (Wildman–Crippen MR) is 70.2 cm³/mol. The lowest BCUT2D eigenvalue weighted by atomic mass is 10.1. The predicted octanol–water partition coefficient (Wildman–Crippen LogP) is 4.42. The number of hydrogen-bond donors (Lipinski definition) is 0. The summed E-state index contributed by atoms with van der Waals surface area (Å²) < 4.78 is 37.8. The van der Waals surface area contributed by atoms with Gasteiger partial charge in [0, 0.05) is 17.1 Å². The molecule has 0 bridgehead atoms. The van der Waals surface area contributed by atoms with Crippen LogP contribution in [-0.4, -0.2) is 18.8 Å². The molecule has 0 saturated heterocycles. The molecular weight excluding hydrogens is 307 g/mol. The molecule has 0 radical (unpaired) electrons. The molecule has 0 unspecified atom stereocenters. The van der Waals surface area contributed by atoms with E-state index >= 15 is 0 Å². The molecule has 2 rings (SSSR count). The third-order valence-corrected chi connectivity index (χ3v) is 3.71. The second-order valence-electron chi connectivity index (χ2n) is 4.73. The number of anilines is 1. The van der Waals surface area contributed by atoms with E-state index in [4.69, 9.17) is 0 Å². The van der Waals surface area contributed by atoms with Crippen LogP contribution in [0.25, 0.3) is 0 Å². The van der Waals surface area contributed by atoms with Gasteiger partial charge in [0.2, 0.25) is 0 Å². The van der Waals surface area contributed by atoms with Crippen molar-refractivity contribution in [3.63, 3.8) is 0 Å². The molecule has 0 amide bonds. The number of halogens is 4. The van der Waals surface area contributed by atoms with Crippen LogP contribution >= 0.6 is 15.9 Å². The molecule has 0 aliphatic heterocycles. The Kier molecular flexibility index (Phi) is 3.90. The van der Waals surface area contributed by atoms with Crippen LogP contribution in [0.2, 0.25) is 0 Å². The molecule has 100 valence electrons. The number of hydrogen-bond acceptors (Lipinski definition) is 1. The molecule has 0 N–H and O–H groups in total. The maximum absolute atomic E-state index is 12.6. The molecule has 1 aliphatic rings. The van der Waals surface area contributed by atoms with Gasteiger partial charge in [-0.2, -0.15) is 13.2 Å². The van der Waals surface area contributed by atoms with Crippen molar-refractivity contribution < 1.29 is 13.2 Å². The van der Waals surface area contributed by atoms with E-state index in [-0.39, 0.29) is 6.04 Å². The van der Waals surface area contributed by atoms with E-state index in [1.807, 2.05) is 19.1 Å². The molecule has 0 spiro atoms. The van der Waals surface area contributed by atoms with Crippen LogP contribution in [0.5, 0.6) is 0 Å². The fourth-order valence-corrected chi connectivity index (χ4v) is 2.46. The van der Waals surface area contributed by atoms with Gasteiger partial charge in [-0.3, -0.25) is 0 Å². The molecule has 0 heterocycles.